The number of ether oxygens (including phenoxy) is 1. The molecule has 0 saturated heterocycles. The molecule has 2 rings (SSSR count). The Labute approximate surface area is 107 Å². The van der Waals surface area contributed by atoms with Gasteiger partial charge in [0.1, 0.15) is 6.29 Å². The minimum atomic E-state index is 0.635. The van der Waals surface area contributed by atoms with Crippen LogP contribution in [0.1, 0.15) is 21.5 Å². The molecular formula is C16H16O2. The van der Waals surface area contributed by atoms with Crippen LogP contribution >= 0.6 is 0 Å². The van der Waals surface area contributed by atoms with E-state index in [1.54, 1.807) is 7.11 Å². The van der Waals surface area contributed by atoms with Crippen LogP contribution in [0.2, 0.25) is 0 Å². The molecule has 0 aliphatic heterocycles. The maximum atomic E-state index is 10.6. The van der Waals surface area contributed by atoms with E-state index in [1.807, 2.05) is 24.3 Å². The average molecular weight is 240 g/mol. The second-order valence-electron chi connectivity index (χ2n) is 4.31. The Hall–Kier alpha value is -1.93. The van der Waals surface area contributed by atoms with Crippen LogP contribution in [-0.2, 0) is 11.3 Å². The van der Waals surface area contributed by atoms with Crippen LogP contribution in [-0.4, -0.2) is 13.4 Å². The van der Waals surface area contributed by atoms with Gasteiger partial charge in [0.05, 0.1) is 6.61 Å². The molecule has 0 bridgehead atoms. The Morgan fingerprint density at radius 2 is 1.72 bits per heavy atom. The molecule has 0 aromatic heterocycles. The smallest absolute Gasteiger partial charge is 0.150 e. The van der Waals surface area contributed by atoms with Gasteiger partial charge in [-0.15, -0.1) is 0 Å². The van der Waals surface area contributed by atoms with E-state index in [1.165, 1.54) is 11.1 Å². The predicted molar refractivity (Wildman–Crippen MR) is 72.7 cm³/mol. The number of rotatable bonds is 4. The van der Waals surface area contributed by atoms with Crippen molar-refractivity contribution in [2.45, 2.75) is 13.5 Å². The molecule has 2 nitrogen and oxygen atoms in total. The number of aryl methyl sites for hydroxylation is 1. The number of benzene rings is 2. The van der Waals surface area contributed by atoms with Crippen molar-refractivity contribution in [1.29, 1.82) is 0 Å². The molecule has 18 heavy (non-hydrogen) atoms. The minimum absolute atomic E-state index is 0.635. The largest absolute Gasteiger partial charge is 0.380 e. The highest BCUT2D eigenvalue weighted by atomic mass is 16.5. The summed E-state index contributed by atoms with van der Waals surface area (Å²) in [7, 11) is 1.70. The topological polar surface area (TPSA) is 26.3 Å². The van der Waals surface area contributed by atoms with Crippen LogP contribution in [0.4, 0.5) is 0 Å². The summed E-state index contributed by atoms with van der Waals surface area (Å²) in [6.07, 6.45) is 0.858. The van der Waals surface area contributed by atoms with Gasteiger partial charge in [-0.1, -0.05) is 42.5 Å². The van der Waals surface area contributed by atoms with Crippen LogP contribution < -0.4 is 0 Å². The van der Waals surface area contributed by atoms with E-state index in [0.29, 0.717) is 12.2 Å². The zero-order valence-corrected chi connectivity index (χ0v) is 10.6. The molecule has 0 spiro atoms. The molecule has 0 N–H and O–H groups in total. The fourth-order valence-electron chi connectivity index (χ4n) is 1.95. The highest BCUT2D eigenvalue weighted by molar-refractivity contribution is 5.77. The lowest BCUT2D eigenvalue weighted by molar-refractivity contribution is 0.112. The first-order valence-corrected chi connectivity index (χ1v) is 5.88. The Balaban J connectivity index is 2.32. The summed E-state index contributed by atoms with van der Waals surface area (Å²) < 4.78 is 5.15. The third kappa shape index (κ3) is 2.66. The van der Waals surface area contributed by atoms with E-state index in [4.69, 9.17) is 4.74 Å². The number of aldehydes is 1. The van der Waals surface area contributed by atoms with Gasteiger partial charge in [0.25, 0.3) is 0 Å². The van der Waals surface area contributed by atoms with E-state index >= 15 is 0 Å². The van der Waals surface area contributed by atoms with Gasteiger partial charge in [-0.2, -0.15) is 0 Å². The summed E-state index contributed by atoms with van der Waals surface area (Å²) in [5.41, 5.74) is 5.39. The van der Waals surface area contributed by atoms with E-state index < -0.39 is 0 Å². The monoisotopic (exact) mass is 240 g/mol. The lowest BCUT2D eigenvalue weighted by Crippen LogP contribution is -1.92. The van der Waals surface area contributed by atoms with Crippen LogP contribution in [0.5, 0.6) is 0 Å². The van der Waals surface area contributed by atoms with Crippen molar-refractivity contribution in [3.8, 4) is 11.1 Å². The third-order valence-corrected chi connectivity index (χ3v) is 3.02. The average Bonchev–Trinajstić information content (AvgIpc) is 2.41. The van der Waals surface area contributed by atoms with E-state index in [9.17, 15) is 4.79 Å². The summed E-state index contributed by atoms with van der Waals surface area (Å²) in [4.78, 5) is 10.6. The molecule has 2 aromatic carbocycles. The number of hydrogen-bond donors (Lipinski definition) is 0. The Morgan fingerprint density at radius 1 is 1.06 bits per heavy atom. The lowest BCUT2D eigenvalue weighted by Gasteiger charge is -2.08. The lowest BCUT2D eigenvalue weighted by atomic mass is 9.99. The molecular weight excluding hydrogens is 224 g/mol. The van der Waals surface area contributed by atoms with E-state index in [-0.39, 0.29) is 0 Å². The second kappa shape index (κ2) is 5.61. The maximum Gasteiger partial charge on any atom is 0.150 e. The van der Waals surface area contributed by atoms with Crippen LogP contribution in [0.3, 0.4) is 0 Å². The second-order valence-corrected chi connectivity index (χ2v) is 4.31. The van der Waals surface area contributed by atoms with Gasteiger partial charge in [-0.25, -0.2) is 0 Å². The molecule has 0 aliphatic carbocycles. The molecule has 92 valence electrons. The molecule has 0 amide bonds. The zero-order valence-electron chi connectivity index (χ0n) is 10.6. The Morgan fingerprint density at radius 3 is 2.28 bits per heavy atom. The van der Waals surface area contributed by atoms with Gasteiger partial charge >= 0.3 is 0 Å². The van der Waals surface area contributed by atoms with Gasteiger partial charge in [0, 0.05) is 12.7 Å². The van der Waals surface area contributed by atoms with Gasteiger partial charge in [0.15, 0.2) is 0 Å². The maximum absolute atomic E-state index is 10.6. The van der Waals surface area contributed by atoms with Crippen molar-refractivity contribution < 1.29 is 9.53 Å². The summed E-state index contributed by atoms with van der Waals surface area (Å²) >= 11 is 0. The Kier molecular flexibility index (Phi) is 3.90. The van der Waals surface area contributed by atoms with Crippen molar-refractivity contribution in [2.24, 2.45) is 0 Å². The summed E-state index contributed by atoms with van der Waals surface area (Å²) in [5.74, 6) is 0. The van der Waals surface area contributed by atoms with Crippen molar-refractivity contribution in [2.75, 3.05) is 7.11 Å². The van der Waals surface area contributed by atoms with Crippen LogP contribution in [0, 0.1) is 6.92 Å². The van der Waals surface area contributed by atoms with Crippen LogP contribution in [0.15, 0.2) is 42.5 Å². The van der Waals surface area contributed by atoms with Gasteiger partial charge in [-0.3, -0.25) is 4.79 Å². The summed E-state index contributed by atoms with van der Waals surface area (Å²) in [6, 6.07) is 13.9. The van der Waals surface area contributed by atoms with Crippen molar-refractivity contribution >= 4 is 6.29 Å². The fourth-order valence-corrected chi connectivity index (χ4v) is 1.95. The standard InChI is InChI=1S/C16H16O2/c1-12-9-15(7-8-16(12)11-18-2)14-5-3-13(10-17)4-6-14/h3-10H,11H2,1-2H3. The van der Waals surface area contributed by atoms with Gasteiger partial charge in [-0.05, 0) is 29.2 Å². The molecule has 0 saturated carbocycles. The van der Waals surface area contributed by atoms with Crippen molar-refractivity contribution in [3.63, 3.8) is 0 Å². The highest BCUT2D eigenvalue weighted by Gasteiger charge is 2.02. The van der Waals surface area contributed by atoms with E-state index in [0.717, 1.165) is 17.4 Å². The molecule has 0 heterocycles. The molecule has 0 fully saturated rings. The van der Waals surface area contributed by atoms with Crippen molar-refractivity contribution in [3.05, 3.63) is 59.2 Å². The van der Waals surface area contributed by atoms with E-state index in [2.05, 4.69) is 25.1 Å². The molecule has 2 aromatic rings. The minimum Gasteiger partial charge on any atom is -0.380 e. The molecule has 0 unspecified atom stereocenters. The molecule has 2 heteroatoms. The van der Waals surface area contributed by atoms with Gasteiger partial charge < -0.3 is 4.74 Å². The van der Waals surface area contributed by atoms with Gasteiger partial charge in [0.2, 0.25) is 0 Å². The molecule has 0 radical (unpaired) electrons. The predicted octanol–water partition coefficient (Wildman–Crippen LogP) is 3.62. The summed E-state index contributed by atoms with van der Waals surface area (Å²) in [6.45, 7) is 2.72. The summed E-state index contributed by atoms with van der Waals surface area (Å²) in [5, 5.41) is 0. The normalized spacial score (nSPS) is 10.3. The zero-order chi connectivity index (χ0) is 13.0. The van der Waals surface area contributed by atoms with Crippen molar-refractivity contribution in [1.82, 2.24) is 0 Å². The SMILES string of the molecule is COCc1ccc(-c2ccc(C=O)cc2)cc1C. The highest BCUT2D eigenvalue weighted by Crippen LogP contribution is 2.23. The number of carbonyl (C=O) groups excluding carboxylic acids is 1. The number of hydrogen-bond acceptors (Lipinski definition) is 2. The molecule has 0 aliphatic rings. The number of carbonyl (C=O) groups is 1. The first kappa shape index (κ1) is 12.5. The Bertz CT molecular complexity index is 542. The molecule has 0 atom stereocenters. The first-order chi connectivity index (χ1) is 8.74. The first-order valence-electron chi connectivity index (χ1n) is 5.88. The van der Waals surface area contributed by atoms with Crippen LogP contribution in [0.25, 0.3) is 11.1 Å². The third-order valence-electron chi connectivity index (χ3n) is 3.02. The quantitative estimate of drug-likeness (QED) is 0.763. The number of methoxy groups -OCH3 is 1. The fraction of sp³-hybridized carbons (Fsp3) is 0.188.